The largest absolute Gasteiger partial charge is 0.443 e. The van der Waals surface area contributed by atoms with Gasteiger partial charge in [-0.3, -0.25) is 0 Å². The Bertz CT molecular complexity index is 210. The van der Waals surface area contributed by atoms with E-state index in [9.17, 15) is 4.79 Å². The van der Waals surface area contributed by atoms with Crippen molar-refractivity contribution in [2.75, 3.05) is 13.6 Å². The molecule has 4 nitrogen and oxygen atoms in total. The van der Waals surface area contributed by atoms with Crippen LogP contribution >= 0.6 is 0 Å². The maximum Gasteiger partial charge on any atom is 0.410 e. The molecule has 2 N–H and O–H groups in total. The zero-order valence-corrected chi connectivity index (χ0v) is 8.70. The Morgan fingerprint density at radius 2 is 2.08 bits per heavy atom. The summed E-state index contributed by atoms with van der Waals surface area (Å²) in [4.78, 5) is 12.8. The average molecular weight is 186 g/mol. The molecule has 0 radical (unpaired) electrons. The first-order valence-corrected chi connectivity index (χ1v) is 4.51. The van der Waals surface area contributed by atoms with Crippen molar-refractivity contribution in [2.45, 2.75) is 32.9 Å². The number of nitrogens with two attached hydrogens (primary N) is 1. The third-order valence-corrected chi connectivity index (χ3v) is 2.46. The van der Waals surface area contributed by atoms with Crippen molar-refractivity contribution >= 4 is 6.09 Å². The van der Waals surface area contributed by atoms with Gasteiger partial charge in [0.05, 0.1) is 6.04 Å². The van der Waals surface area contributed by atoms with Gasteiger partial charge in [0.2, 0.25) is 0 Å². The molecule has 1 fully saturated rings. The highest BCUT2D eigenvalue weighted by atomic mass is 16.6. The van der Waals surface area contributed by atoms with E-state index < -0.39 is 0 Å². The summed E-state index contributed by atoms with van der Waals surface area (Å²) in [5.41, 5.74) is 5.55. The standard InChI is InChI=1S/C9H18N2O2/c1-9(2,3)7-6(5-10)11(4)8(12)13-7/h6-7H,5,10H2,1-4H3. The lowest BCUT2D eigenvalue weighted by Crippen LogP contribution is -2.45. The number of nitrogens with zero attached hydrogens (tertiary/aromatic N) is 1. The summed E-state index contributed by atoms with van der Waals surface area (Å²) in [5.74, 6) is 0. The van der Waals surface area contributed by atoms with Gasteiger partial charge in [-0.05, 0) is 0 Å². The summed E-state index contributed by atoms with van der Waals surface area (Å²) in [6.45, 7) is 6.59. The zero-order valence-electron chi connectivity index (χ0n) is 8.70. The number of rotatable bonds is 1. The Morgan fingerprint density at radius 1 is 1.54 bits per heavy atom. The zero-order chi connectivity index (χ0) is 10.2. The molecule has 0 saturated carbocycles. The minimum atomic E-state index is -0.268. The molecule has 0 bridgehead atoms. The fraction of sp³-hybridized carbons (Fsp3) is 0.889. The highest BCUT2D eigenvalue weighted by Crippen LogP contribution is 2.31. The topological polar surface area (TPSA) is 55.6 Å². The van der Waals surface area contributed by atoms with E-state index in [0.717, 1.165) is 0 Å². The van der Waals surface area contributed by atoms with E-state index in [2.05, 4.69) is 0 Å². The Labute approximate surface area is 79.0 Å². The molecule has 0 aliphatic carbocycles. The van der Waals surface area contributed by atoms with Crippen LogP contribution in [-0.4, -0.2) is 36.7 Å². The van der Waals surface area contributed by atoms with Crippen molar-refractivity contribution < 1.29 is 9.53 Å². The SMILES string of the molecule is CN1C(=O)OC(C(C)(C)C)C1CN. The molecule has 2 atom stereocenters. The number of hydrogen-bond donors (Lipinski definition) is 1. The van der Waals surface area contributed by atoms with E-state index in [0.29, 0.717) is 6.54 Å². The van der Waals surface area contributed by atoms with Gasteiger partial charge < -0.3 is 15.4 Å². The van der Waals surface area contributed by atoms with Crippen LogP contribution in [0.2, 0.25) is 0 Å². The fourth-order valence-electron chi connectivity index (χ4n) is 1.64. The number of hydrogen-bond acceptors (Lipinski definition) is 3. The highest BCUT2D eigenvalue weighted by molar-refractivity contribution is 5.70. The van der Waals surface area contributed by atoms with Crippen LogP contribution in [0.25, 0.3) is 0 Å². The molecule has 1 saturated heterocycles. The first-order chi connectivity index (χ1) is 5.88. The van der Waals surface area contributed by atoms with Crippen LogP contribution < -0.4 is 5.73 Å². The summed E-state index contributed by atoms with van der Waals surface area (Å²) in [5, 5.41) is 0. The first-order valence-electron chi connectivity index (χ1n) is 4.51. The van der Waals surface area contributed by atoms with E-state index in [4.69, 9.17) is 10.5 Å². The van der Waals surface area contributed by atoms with Crippen LogP contribution in [-0.2, 0) is 4.74 Å². The second-order valence-corrected chi connectivity index (χ2v) is 4.58. The maximum atomic E-state index is 11.2. The number of amides is 1. The van der Waals surface area contributed by atoms with E-state index in [-0.39, 0.29) is 23.7 Å². The van der Waals surface area contributed by atoms with E-state index >= 15 is 0 Å². The second kappa shape index (κ2) is 3.18. The smallest absolute Gasteiger partial charge is 0.410 e. The summed E-state index contributed by atoms with van der Waals surface area (Å²) in [7, 11) is 1.73. The molecular formula is C9H18N2O2. The number of carbonyl (C=O) groups is 1. The number of ether oxygens (including phenoxy) is 1. The molecule has 0 aromatic carbocycles. The molecule has 1 heterocycles. The van der Waals surface area contributed by atoms with E-state index in [1.54, 1.807) is 11.9 Å². The van der Waals surface area contributed by atoms with Crippen LogP contribution in [0.15, 0.2) is 0 Å². The fourth-order valence-corrected chi connectivity index (χ4v) is 1.64. The number of carbonyl (C=O) groups excluding carboxylic acids is 1. The van der Waals surface area contributed by atoms with Crippen molar-refractivity contribution in [3.63, 3.8) is 0 Å². The predicted octanol–water partition coefficient (Wildman–Crippen LogP) is 0.810. The lowest BCUT2D eigenvalue weighted by molar-refractivity contribution is 0.0568. The minimum Gasteiger partial charge on any atom is -0.443 e. The first kappa shape index (κ1) is 10.3. The number of likely N-dealkylation sites (N-methyl/N-ethyl adjacent to an activating group) is 1. The van der Waals surface area contributed by atoms with Gasteiger partial charge in [-0.2, -0.15) is 0 Å². The molecule has 1 aliphatic rings. The van der Waals surface area contributed by atoms with Gasteiger partial charge in [0, 0.05) is 19.0 Å². The third kappa shape index (κ3) is 1.77. The lowest BCUT2D eigenvalue weighted by Gasteiger charge is -2.30. The normalized spacial score (nSPS) is 29.3. The summed E-state index contributed by atoms with van der Waals surface area (Å²) in [6, 6.07) is 0.00694. The predicted molar refractivity (Wildman–Crippen MR) is 50.3 cm³/mol. The monoisotopic (exact) mass is 186 g/mol. The van der Waals surface area contributed by atoms with Gasteiger partial charge in [0.15, 0.2) is 0 Å². The van der Waals surface area contributed by atoms with Crippen LogP contribution in [0.3, 0.4) is 0 Å². The highest BCUT2D eigenvalue weighted by Gasteiger charge is 2.44. The van der Waals surface area contributed by atoms with Crippen LogP contribution in [0, 0.1) is 5.41 Å². The van der Waals surface area contributed by atoms with Gasteiger partial charge in [-0.15, -0.1) is 0 Å². The van der Waals surface area contributed by atoms with Crippen molar-refractivity contribution in [1.82, 2.24) is 4.90 Å². The van der Waals surface area contributed by atoms with Crippen LogP contribution in [0.5, 0.6) is 0 Å². The molecule has 13 heavy (non-hydrogen) atoms. The maximum absolute atomic E-state index is 11.2. The van der Waals surface area contributed by atoms with Crippen molar-refractivity contribution in [2.24, 2.45) is 11.1 Å². The molecule has 0 aromatic heterocycles. The minimum absolute atomic E-state index is 0.00694. The van der Waals surface area contributed by atoms with Gasteiger partial charge in [0.25, 0.3) is 0 Å². The van der Waals surface area contributed by atoms with Gasteiger partial charge >= 0.3 is 6.09 Å². The Hall–Kier alpha value is -0.770. The molecule has 1 amide bonds. The molecule has 0 aromatic rings. The van der Waals surface area contributed by atoms with E-state index in [1.807, 2.05) is 20.8 Å². The van der Waals surface area contributed by atoms with Crippen LogP contribution in [0.1, 0.15) is 20.8 Å². The molecule has 1 aliphatic heterocycles. The molecule has 4 heteroatoms. The van der Waals surface area contributed by atoms with Crippen molar-refractivity contribution in [3.05, 3.63) is 0 Å². The number of cyclic esters (lactones) is 1. The third-order valence-electron chi connectivity index (χ3n) is 2.46. The Balaban J connectivity index is 2.83. The molecule has 2 unspecified atom stereocenters. The van der Waals surface area contributed by atoms with Crippen molar-refractivity contribution in [1.29, 1.82) is 0 Å². The van der Waals surface area contributed by atoms with Gasteiger partial charge in [-0.1, -0.05) is 20.8 Å². The molecule has 76 valence electrons. The Morgan fingerprint density at radius 3 is 2.38 bits per heavy atom. The Kier molecular flexibility index (Phi) is 2.52. The van der Waals surface area contributed by atoms with Gasteiger partial charge in [-0.25, -0.2) is 4.79 Å². The summed E-state index contributed by atoms with van der Waals surface area (Å²) >= 11 is 0. The summed E-state index contributed by atoms with van der Waals surface area (Å²) < 4.78 is 5.25. The molecule has 1 rings (SSSR count). The van der Waals surface area contributed by atoms with Gasteiger partial charge in [0.1, 0.15) is 6.10 Å². The summed E-state index contributed by atoms with van der Waals surface area (Å²) in [6.07, 6.45) is -0.370. The second-order valence-electron chi connectivity index (χ2n) is 4.58. The van der Waals surface area contributed by atoms with E-state index in [1.165, 1.54) is 0 Å². The van der Waals surface area contributed by atoms with Crippen LogP contribution in [0.4, 0.5) is 4.79 Å². The molecular weight excluding hydrogens is 168 g/mol. The lowest BCUT2D eigenvalue weighted by atomic mass is 9.85. The average Bonchev–Trinajstić information content (AvgIpc) is 2.28. The quantitative estimate of drug-likeness (QED) is 0.659. The van der Waals surface area contributed by atoms with Crippen molar-refractivity contribution in [3.8, 4) is 0 Å². The molecule has 0 spiro atoms.